The molecule has 0 saturated heterocycles. The van der Waals surface area contributed by atoms with Crippen LogP contribution in [-0.2, 0) is 0 Å². The van der Waals surface area contributed by atoms with Crippen molar-refractivity contribution in [1.29, 1.82) is 5.26 Å². The van der Waals surface area contributed by atoms with Crippen LogP contribution < -0.4 is 0 Å². The maximum absolute atomic E-state index is 9.18. The van der Waals surface area contributed by atoms with Gasteiger partial charge < -0.3 is 0 Å². The lowest BCUT2D eigenvalue weighted by molar-refractivity contribution is 0.330. The van der Waals surface area contributed by atoms with E-state index in [1.54, 1.807) is 0 Å². The molecule has 2 heteroatoms. The van der Waals surface area contributed by atoms with Crippen molar-refractivity contribution in [3.8, 4) is 6.07 Å². The number of aromatic nitrogens is 1. The minimum absolute atomic E-state index is 0.151. The molecule has 0 spiro atoms. The van der Waals surface area contributed by atoms with Crippen LogP contribution >= 0.6 is 0 Å². The van der Waals surface area contributed by atoms with E-state index in [4.69, 9.17) is 0 Å². The van der Waals surface area contributed by atoms with Crippen molar-refractivity contribution in [3.05, 3.63) is 30.1 Å². The monoisotopic (exact) mass is 228 g/mol. The average Bonchev–Trinajstić information content (AvgIpc) is 2.64. The Morgan fingerprint density at radius 3 is 2.88 bits per heavy atom. The Kier molecular flexibility index (Phi) is 4.14. The summed E-state index contributed by atoms with van der Waals surface area (Å²) in [6.45, 7) is 2.07. The third kappa shape index (κ3) is 2.85. The van der Waals surface area contributed by atoms with Gasteiger partial charge in [0.05, 0.1) is 6.07 Å². The molecule has 90 valence electrons. The molecule has 3 unspecified atom stereocenters. The zero-order valence-corrected chi connectivity index (χ0v) is 10.5. The van der Waals surface area contributed by atoms with E-state index in [2.05, 4.69) is 24.0 Å². The molecular formula is C15H20N2. The van der Waals surface area contributed by atoms with Gasteiger partial charge in [-0.25, -0.2) is 0 Å². The molecule has 1 aliphatic rings. The maximum Gasteiger partial charge on any atom is 0.0656 e. The zero-order valence-electron chi connectivity index (χ0n) is 10.5. The van der Waals surface area contributed by atoms with Gasteiger partial charge in [-0.3, -0.25) is 4.98 Å². The summed E-state index contributed by atoms with van der Waals surface area (Å²) in [5.74, 6) is 1.19. The highest BCUT2D eigenvalue weighted by molar-refractivity contribution is 5.17. The van der Waals surface area contributed by atoms with E-state index in [0.29, 0.717) is 11.8 Å². The van der Waals surface area contributed by atoms with Crippen LogP contribution in [0.4, 0.5) is 0 Å². The largest absolute Gasteiger partial charge is 0.264 e. The maximum atomic E-state index is 9.18. The average molecular weight is 228 g/mol. The normalized spacial score (nSPS) is 26.8. The summed E-state index contributed by atoms with van der Waals surface area (Å²) in [7, 11) is 0. The van der Waals surface area contributed by atoms with Crippen LogP contribution in [0.15, 0.2) is 24.5 Å². The molecule has 1 saturated carbocycles. The predicted molar refractivity (Wildman–Crippen MR) is 68.3 cm³/mol. The first-order valence-electron chi connectivity index (χ1n) is 6.62. The third-order valence-corrected chi connectivity index (χ3v) is 4.03. The number of nitrogens with zero attached hydrogens (tertiary/aromatic N) is 2. The Morgan fingerprint density at radius 1 is 1.35 bits per heavy atom. The predicted octanol–water partition coefficient (Wildman–Crippen LogP) is 3.91. The fourth-order valence-corrected chi connectivity index (χ4v) is 3.04. The highest BCUT2D eigenvalue weighted by Gasteiger charge is 2.29. The lowest BCUT2D eigenvalue weighted by Crippen LogP contribution is -2.18. The molecule has 0 aromatic carbocycles. The number of hydrogen-bond acceptors (Lipinski definition) is 2. The molecule has 2 rings (SSSR count). The Bertz CT molecular complexity index is 380. The lowest BCUT2D eigenvalue weighted by atomic mass is 9.76. The van der Waals surface area contributed by atoms with Crippen LogP contribution in [0.2, 0.25) is 0 Å². The van der Waals surface area contributed by atoms with E-state index in [-0.39, 0.29) is 5.92 Å². The molecular weight excluding hydrogens is 208 g/mol. The van der Waals surface area contributed by atoms with E-state index in [1.165, 1.54) is 37.7 Å². The summed E-state index contributed by atoms with van der Waals surface area (Å²) in [6.07, 6.45) is 10.1. The molecule has 1 aromatic rings. The molecule has 17 heavy (non-hydrogen) atoms. The second-order valence-electron chi connectivity index (χ2n) is 5.11. The molecule has 2 nitrogen and oxygen atoms in total. The summed E-state index contributed by atoms with van der Waals surface area (Å²) in [5, 5.41) is 9.18. The van der Waals surface area contributed by atoms with Crippen molar-refractivity contribution in [2.75, 3.05) is 0 Å². The summed E-state index contributed by atoms with van der Waals surface area (Å²) in [6, 6.07) is 6.62. The van der Waals surface area contributed by atoms with Gasteiger partial charge in [-0.05, 0) is 43.2 Å². The second-order valence-corrected chi connectivity index (χ2v) is 5.11. The smallest absolute Gasteiger partial charge is 0.0656 e. The van der Waals surface area contributed by atoms with Crippen molar-refractivity contribution in [3.63, 3.8) is 0 Å². The van der Waals surface area contributed by atoms with Crippen molar-refractivity contribution in [2.24, 2.45) is 11.8 Å². The van der Waals surface area contributed by atoms with E-state index in [1.807, 2.05) is 18.5 Å². The summed E-state index contributed by atoms with van der Waals surface area (Å²) < 4.78 is 0. The van der Waals surface area contributed by atoms with E-state index >= 15 is 0 Å². The highest BCUT2D eigenvalue weighted by atomic mass is 14.6. The van der Waals surface area contributed by atoms with Crippen LogP contribution in [0.5, 0.6) is 0 Å². The zero-order chi connectivity index (χ0) is 12.1. The number of rotatable bonds is 2. The third-order valence-electron chi connectivity index (χ3n) is 4.03. The van der Waals surface area contributed by atoms with E-state index < -0.39 is 0 Å². The Hall–Kier alpha value is -1.36. The van der Waals surface area contributed by atoms with Gasteiger partial charge in [0, 0.05) is 18.3 Å². The molecule has 0 N–H and O–H groups in total. The topological polar surface area (TPSA) is 36.7 Å². The van der Waals surface area contributed by atoms with Crippen molar-refractivity contribution >= 4 is 0 Å². The van der Waals surface area contributed by atoms with Gasteiger partial charge >= 0.3 is 0 Å². The van der Waals surface area contributed by atoms with Crippen molar-refractivity contribution < 1.29 is 0 Å². The van der Waals surface area contributed by atoms with Gasteiger partial charge in [-0.15, -0.1) is 0 Å². The van der Waals surface area contributed by atoms with Crippen molar-refractivity contribution in [1.82, 2.24) is 4.98 Å². The molecule has 1 heterocycles. The highest BCUT2D eigenvalue weighted by Crippen LogP contribution is 2.40. The van der Waals surface area contributed by atoms with Gasteiger partial charge in [0.1, 0.15) is 0 Å². The molecule has 0 aliphatic heterocycles. The summed E-state index contributed by atoms with van der Waals surface area (Å²) in [4.78, 5) is 4.23. The minimum Gasteiger partial charge on any atom is -0.264 e. The number of pyridine rings is 1. The standard InChI is InChI=1S/C15H20N2/c1-12(10-16)14-7-3-2-4-8-15(14)13-6-5-9-17-11-13/h5-6,9,11-12,14-15H,2-4,7-8H2,1H3. The Morgan fingerprint density at radius 2 is 2.18 bits per heavy atom. The van der Waals surface area contributed by atoms with Crippen LogP contribution in [0.25, 0.3) is 0 Å². The van der Waals surface area contributed by atoms with Gasteiger partial charge in [0.2, 0.25) is 0 Å². The molecule has 1 aromatic heterocycles. The number of hydrogen-bond donors (Lipinski definition) is 0. The summed E-state index contributed by atoms with van der Waals surface area (Å²) in [5.41, 5.74) is 1.32. The fraction of sp³-hybridized carbons (Fsp3) is 0.600. The van der Waals surface area contributed by atoms with Crippen molar-refractivity contribution in [2.45, 2.75) is 44.9 Å². The van der Waals surface area contributed by atoms with Gasteiger partial charge in [0.15, 0.2) is 0 Å². The minimum atomic E-state index is 0.151. The lowest BCUT2D eigenvalue weighted by Gasteiger charge is -2.27. The van der Waals surface area contributed by atoms with Crippen LogP contribution in [-0.4, -0.2) is 4.98 Å². The van der Waals surface area contributed by atoms with Gasteiger partial charge in [0.25, 0.3) is 0 Å². The second kappa shape index (κ2) is 5.82. The Labute approximate surface area is 104 Å². The first-order valence-corrected chi connectivity index (χ1v) is 6.62. The van der Waals surface area contributed by atoms with Gasteiger partial charge in [-0.2, -0.15) is 5.26 Å². The SMILES string of the molecule is CC(C#N)C1CCCCCC1c1cccnc1. The van der Waals surface area contributed by atoms with Crippen LogP contribution in [0.1, 0.15) is 50.5 Å². The molecule has 1 aliphatic carbocycles. The van der Waals surface area contributed by atoms with E-state index in [0.717, 1.165) is 0 Å². The first kappa shape index (κ1) is 12.1. The molecule has 3 atom stereocenters. The molecule has 0 amide bonds. The van der Waals surface area contributed by atoms with Crippen LogP contribution in [0, 0.1) is 23.2 Å². The quantitative estimate of drug-likeness (QED) is 0.720. The Balaban J connectivity index is 2.24. The van der Waals surface area contributed by atoms with Gasteiger partial charge in [-0.1, -0.05) is 25.3 Å². The number of nitriles is 1. The fourth-order valence-electron chi connectivity index (χ4n) is 3.04. The summed E-state index contributed by atoms with van der Waals surface area (Å²) >= 11 is 0. The first-order chi connectivity index (χ1) is 8.33. The van der Waals surface area contributed by atoms with Crippen LogP contribution in [0.3, 0.4) is 0 Å². The molecule has 0 radical (unpaired) electrons. The molecule has 0 bridgehead atoms. The molecule has 1 fully saturated rings. The van der Waals surface area contributed by atoms with E-state index in [9.17, 15) is 5.26 Å².